The first-order chi connectivity index (χ1) is 12.9. The van der Waals surface area contributed by atoms with E-state index in [0.717, 1.165) is 50.1 Å². The molecule has 5 N–H and O–H groups in total. The number of hydrazine groups is 1. The summed E-state index contributed by atoms with van der Waals surface area (Å²) in [5.74, 6) is 5.66. The van der Waals surface area contributed by atoms with Gasteiger partial charge in [0.2, 0.25) is 5.91 Å². The molecule has 1 aromatic carbocycles. The topological polar surface area (TPSA) is 79.2 Å². The van der Waals surface area contributed by atoms with Crippen molar-refractivity contribution in [3.8, 4) is 0 Å². The first-order valence-electron chi connectivity index (χ1n) is 10.2. The lowest BCUT2D eigenvalue weighted by molar-refractivity contribution is -0.121. The molecule has 0 saturated carbocycles. The minimum atomic E-state index is 0.235. The number of anilines is 2. The molecule has 154 valence electrons. The number of rotatable bonds is 6. The smallest absolute Gasteiger partial charge is 0.219 e. The molecular weight excluding hydrogens is 360 g/mol. The molecule has 1 aliphatic rings. The van der Waals surface area contributed by atoms with Crippen molar-refractivity contribution in [1.82, 2.24) is 5.32 Å². The molecule has 1 saturated heterocycles. The van der Waals surface area contributed by atoms with Crippen molar-refractivity contribution >= 4 is 28.9 Å². The number of hydrogen-bond donors (Lipinski definition) is 4. The first-order valence-corrected chi connectivity index (χ1v) is 10.6. The molecule has 2 rings (SSSR count). The van der Waals surface area contributed by atoms with Gasteiger partial charge in [0.15, 0.2) is 0 Å². The van der Waals surface area contributed by atoms with Crippen LogP contribution in [0.2, 0.25) is 5.02 Å². The second kappa shape index (κ2) is 12.1. The summed E-state index contributed by atoms with van der Waals surface area (Å²) in [6.45, 7) is 10.5. The molecule has 1 amide bonds. The quantitative estimate of drug-likeness (QED) is 0.398. The molecule has 1 aliphatic heterocycles. The third kappa shape index (κ3) is 7.97. The van der Waals surface area contributed by atoms with Crippen molar-refractivity contribution in [3.05, 3.63) is 22.7 Å². The predicted molar refractivity (Wildman–Crippen MR) is 117 cm³/mol. The molecule has 1 heterocycles. The van der Waals surface area contributed by atoms with Crippen LogP contribution in [0.25, 0.3) is 0 Å². The van der Waals surface area contributed by atoms with Gasteiger partial charge in [-0.3, -0.25) is 10.6 Å². The number of nitrogens with two attached hydrogens (primary N) is 1. The van der Waals surface area contributed by atoms with Gasteiger partial charge < -0.3 is 16.1 Å². The van der Waals surface area contributed by atoms with Crippen LogP contribution in [0.3, 0.4) is 0 Å². The van der Waals surface area contributed by atoms with E-state index in [1.165, 1.54) is 24.8 Å². The number of amides is 1. The third-order valence-corrected chi connectivity index (χ3v) is 5.40. The number of nitrogen functional groups attached to an aromatic ring is 1. The van der Waals surface area contributed by atoms with Crippen molar-refractivity contribution < 1.29 is 4.79 Å². The summed E-state index contributed by atoms with van der Waals surface area (Å²) in [5, 5.41) is 6.91. The maximum Gasteiger partial charge on any atom is 0.219 e. The fourth-order valence-corrected chi connectivity index (χ4v) is 3.96. The van der Waals surface area contributed by atoms with E-state index in [2.05, 4.69) is 43.8 Å². The largest absolute Gasteiger partial charge is 0.385 e. The Morgan fingerprint density at radius 1 is 1.22 bits per heavy atom. The number of hydrogen-bond acceptors (Lipinski definition) is 4. The van der Waals surface area contributed by atoms with Gasteiger partial charge in [-0.05, 0) is 62.1 Å². The van der Waals surface area contributed by atoms with Crippen LogP contribution >= 0.6 is 11.6 Å². The van der Waals surface area contributed by atoms with Crippen LogP contribution in [0.5, 0.6) is 0 Å². The van der Waals surface area contributed by atoms with Crippen LogP contribution in [-0.2, 0) is 11.2 Å². The van der Waals surface area contributed by atoms with Crippen LogP contribution < -0.4 is 21.9 Å². The zero-order chi connectivity index (χ0) is 20.3. The maximum atomic E-state index is 11.1. The summed E-state index contributed by atoms with van der Waals surface area (Å²) < 4.78 is 0. The lowest BCUT2D eigenvalue weighted by Gasteiger charge is -2.31. The Balaban J connectivity index is 0.000000271. The minimum Gasteiger partial charge on any atom is -0.385 e. The number of nitrogens with one attached hydrogen (secondary N) is 3. The van der Waals surface area contributed by atoms with E-state index < -0.39 is 0 Å². The van der Waals surface area contributed by atoms with Gasteiger partial charge in [0.25, 0.3) is 0 Å². The highest BCUT2D eigenvalue weighted by molar-refractivity contribution is 6.31. The van der Waals surface area contributed by atoms with E-state index >= 15 is 0 Å². The molecule has 1 unspecified atom stereocenters. The van der Waals surface area contributed by atoms with E-state index in [9.17, 15) is 4.79 Å². The lowest BCUT2D eigenvalue weighted by atomic mass is 9.77. The Morgan fingerprint density at radius 3 is 2.52 bits per heavy atom. The number of halogens is 1. The molecule has 5 nitrogen and oxygen atoms in total. The Bertz CT molecular complexity index is 580. The van der Waals surface area contributed by atoms with Gasteiger partial charge in [0.1, 0.15) is 0 Å². The highest BCUT2D eigenvalue weighted by Crippen LogP contribution is 2.34. The van der Waals surface area contributed by atoms with Gasteiger partial charge in [-0.15, -0.1) is 0 Å². The minimum absolute atomic E-state index is 0.235. The SMILES string of the molecule is CCCC1(C)CCCC(=O)NCC1.CCNc1cc(Cl)cc(NN)c1CC. The molecule has 1 aromatic rings. The van der Waals surface area contributed by atoms with Crippen LogP contribution in [0, 0.1) is 5.41 Å². The third-order valence-electron chi connectivity index (χ3n) is 5.18. The fourth-order valence-electron chi connectivity index (χ4n) is 3.74. The van der Waals surface area contributed by atoms with E-state index in [0.29, 0.717) is 10.4 Å². The number of carbonyl (C=O) groups is 1. The standard InChI is InChI=1S/C11H21NO.C10H16ClN3/c1-3-6-11(2)7-4-5-10(13)12-9-8-11;1-3-8-9(13-4-2)5-7(11)6-10(8)14-12/h3-9H2,1-2H3,(H,12,13);5-6,13-14H,3-4,12H2,1-2H3. The van der Waals surface area contributed by atoms with Crippen molar-refractivity contribution in [2.75, 3.05) is 23.8 Å². The number of carbonyl (C=O) groups excluding carboxylic acids is 1. The highest BCUT2D eigenvalue weighted by atomic mass is 35.5. The molecule has 1 fully saturated rings. The normalized spacial score (nSPS) is 19.9. The Labute approximate surface area is 169 Å². The van der Waals surface area contributed by atoms with Gasteiger partial charge >= 0.3 is 0 Å². The Kier molecular flexibility index (Phi) is 10.6. The van der Waals surface area contributed by atoms with E-state index in [4.69, 9.17) is 17.4 Å². The zero-order valence-corrected chi connectivity index (χ0v) is 18.1. The van der Waals surface area contributed by atoms with Crippen molar-refractivity contribution in [1.29, 1.82) is 0 Å². The van der Waals surface area contributed by atoms with Gasteiger partial charge in [0.05, 0.1) is 5.69 Å². The average Bonchev–Trinajstić information content (AvgIpc) is 2.61. The van der Waals surface area contributed by atoms with E-state index in [-0.39, 0.29) is 5.91 Å². The van der Waals surface area contributed by atoms with Crippen molar-refractivity contribution in [2.45, 2.75) is 72.6 Å². The second-order valence-corrected chi connectivity index (χ2v) is 7.96. The molecular formula is C21H37ClN4O. The Hall–Kier alpha value is -1.46. The van der Waals surface area contributed by atoms with Crippen LogP contribution in [-0.4, -0.2) is 19.0 Å². The summed E-state index contributed by atoms with van der Waals surface area (Å²) in [4.78, 5) is 11.1. The van der Waals surface area contributed by atoms with Crippen LogP contribution in [0.4, 0.5) is 11.4 Å². The summed E-state index contributed by atoms with van der Waals surface area (Å²) >= 11 is 5.96. The molecule has 0 bridgehead atoms. The first kappa shape index (κ1) is 23.6. The number of benzene rings is 1. The summed E-state index contributed by atoms with van der Waals surface area (Å²) in [6.07, 6.45) is 7.61. The highest BCUT2D eigenvalue weighted by Gasteiger charge is 2.24. The summed E-state index contributed by atoms with van der Waals surface area (Å²) in [7, 11) is 0. The monoisotopic (exact) mass is 396 g/mol. The molecule has 1 atom stereocenters. The molecule has 0 aromatic heterocycles. The van der Waals surface area contributed by atoms with Gasteiger partial charge in [-0.2, -0.15) is 0 Å². The van der Waals surface area contributed by atoms with Gasteiger partial charge in [-0.25, -0.2) is 0 Å². The summed E-state index contributed by atoms with van der Waals surface area (Å²) in [5.41, 5.74) is 6.24. The van der Waals surface area contributed by atoms with Crippen molar-refractivity contribution in [3.63, 3.8) is 0 Å². The fraction of sp³-hybridized carbons (Fsp3) is 0.667. The molecule has 27 heavy (non-hydrogen) atoms. The van der Waals surface area contributed by atoms with Crippen LogP contribution in [0.1, 0.15) is 71.8 Å². The maximum absolute atomic E-state index is 11.1. The molecule has 0 aliphatic carbocycles. The molecule has 0 radical (unpaired) electrons. The van der Waals surface area contributed by atoms with E-state index in [1.807, 2.05) is 12.1 Å². The Morgan fingerprint density at radius 2 is 1.93 bits per heavy atom. The zero-order valence-electron chi connectivity index (χ0n) is 17.4. The predicted octanol–water partition coefficient (Wildman–Crippen LogP) is 5.10. The second-order valence-electron chi connectivity index (χ2n) is 7.52. The lowest BCUT2D eigenvalue weighted by Crippen LogP contribution is -2.32. The molecule has 0 spiro atoms. The summed E-state index contributed by atoms with van der Waals surface area (Å²) in [6, 6.07) is 3.76. The van der Waals surface area contributed by atoms with Crippen molar-refractivity contribution in [2.24, 2.45) is 11.3 Å². The van der Waals surface area contributed by atoms with E-state index in [1.54, 1.807) is 0 Å². The molecule has 6 heteroatoms. The van der Waals surface area contributed by atoms with Gasteiger partial charge in [-0.1, -0.05) is 38.8 Å². The van der Waals surface area contributed by atoms with Gasteiger partial charge in [0, 0.05) is 30.2 Å². The average molecular weight is 397 g/mol. The van der Waals surface area contributed by atoms with Crippen LogP contribution in [0.15, 0.2) is 12.1 Å².